The van der Waals surface area contributed by atoms with Crippen molar-refractivity contribution in [2.24, 2.45) is 0 Å². The number of rotatable bonds is 12. The van der Waals surface area contributed by atoms with Gasteiger partial charge in [-0.2, -0.15) is 0 Å². The van der Waals surface area contributed by atoms with Gasteiger partial charge in [0.1, 0.15) is 11.9 Å². The minimum Gasteiger partial charge on any atom is -0.497 e. The van der Waals surface area contributed by atoms with Crippen LogP contribution in [-0.4, -0.2) is 54.3 Å². The third-order valence-electron chi connectivity index (χ3n) is 5.00. The number of amides is 1. The second-order valence-corrected chi connectivity index (χ2v) is 9.17. The van der Waals surface area contributed by atoms with Crippen LogP contribution in [0, 0.1) is 6.92 Å². The van der Waals surface area contributed by atoms with E-state index < -0.39 is 18.1 Å². The first-order valence-electron chi connectivity index (χ1n) is 11.6. The normalized spacial score (nSPS) is 12.1. The number of aliphatic hydroxyl groups is 2. The van der Waals surface area contributed by atoms with Gasteiger partial charge in [0.05, 0.1) is 13.2 Å². The molecule has 0 aliphatic rings. The molecule has 0 aromatic heterocycles. The predicted octanol–water partition coefficient (Wildman–Crippen LogP) is 3.80. The Hall–Kier alpha value is -2.84. The fraction of sp³-hybridized carbons (Fsp3) is 0.321. The molecule has 2 unspecified atom stereocenters. The third kappa shape index (κ3) is 12.4. The second-order valence-electron chi connectivity index (χ2n) is 8.00. The average molecular weight is 497 g/mol. The van der Waals surface area contributed by atoms with Crippen LogP contribution >= 0.6 is 11.8 Å². The maximum Gasteiger partial charge on any atom is 0.248 e. The molecule has 0 aliphatic heterocycles. The first kappa shape index (κ1) is 28.4. The molecule has 188 valence electrons. The minimum absolute atomic E-state index is 0.0901. The van der Waals surface area contributed by atoms with E-state index in [0.717, 1.165) is 16.2 Å². The quantitative estimate of drug-likeness (QED) is 0.285. The van der Waals surface area contributed by atoms with E-state index in [1.165, 1.54) is 5.56 Å². The van der Waals surface area contributed by atoms with Gasteiger partial charge in [-0.1, -0.05) is 66.2 Å². The molecule has 0 radical (unpaired) electrons. The van der Waals surface area contributed by atoms with Crippen molar-refractivity contribution < 1.29 is 19.7 Å². The van der Waals surface area contributed by atoms with Crippen molar-refractivity contribution in [1.82, 2.24) is 10.6 Å². The lowest BCUT2D eigenvalue weighted by atomic mass is 10.2. The van der Waals surface area contributed by atoms with Crippen LogP contribution in [0.5, 0.6) is 5.75 Å². The summed E-state index contributed by atoms with van der Waals surface area (Å²) in [7, 11) is 1.62. The summed E-state index contributed by atoms with van der Waals surface area (Å²) in [5, 5.41) is 25.7. The highest BCUT2D eigenvalue weighted by molar-refractivity contribution is 7.99. The van der Waals surface area contributed by atoms with Crippen LogP contribution in [-0.2, 0) is 11.3 Å². The maximum atomic E-state index is 11.9. The van der Waals surface area contributed by atoms with Gasteiger partial charge in [0.15, 0.2) is 0 Å². The smallest absolute Gasteiger partial charge is 0.248 e. The summed E-state index contributed by atoms with van der Waals surface area (Å²) in [6.45, 7) is 3.09. The van der Waals surface area contributed by atoms with E-state index in [9.17, 15) is 15.0 Å². The zero-order valence-electron chi connectivity index (χ0n) is 20.4. The zero-order valence-corrected chi connectivity index (χ0v) is 21.2. The van der Waals surface area contributed by atoms with Crippen LogP contribution < -0.4 is 15.4 Å². The first-order valence-corrected chi connectivity index (χ1v) is 12.6. The van der Waals surface area contributed by atoms with E-state index >= 15 is 0 Å². The van der Waals surface area contributed by atoms with Gasteiger partial charge in [-0.05, 0) is 43.2 Å². The Morgan fingerprint density at radius 1 is 0.943 bits per heavy atom. The number of thioether (sulfide) groups is 1. The Morgan fingerprint density at radius 2 is 1.63 bits per heavy atom. The number of carbonyl (C=O) groups excluding carboxylic acids is 1. The van der Waals surface area contributed by atoms with Crippen molar-refractivity contribution in [3.05, 3.63) is 96.1 Å². The van der Waals surface area contributed by atoms with Crippen LogP contribution in [0.25, 0.3) is 0 Å². The molecule has 3 aromatic carbocycles. The van der Waals surface area contributed by atoms with Gasteiger partial charge < -0.3 is 25.6 Å². The highest BCUT2D eigenvalue weighted by Gasteiger charge is 2.15. The summed E-state index contributed by atoms with van der Waals surface area (Å²) < 4.78 is 5.17. The molecule has 0 bridgehead atoms. The number of hydrogen-bond acceptors (Lipinski definition) is 6. The number of methoxy groups -OCH3 is 1. The number of hydrogen-bond donors (Lipinski definition) is 4. The molecule has 6 nitrogen and oxygen atoms in total. The fourth-order valence-electron chi connectivity index (χ4n) is 3.04. The van der Waals surface area contributed by atoms with Crippen molar-refractivity contribution in [3.8, 4) is 5.75 Å². The number of ether oxygens (including phenoxy) is 1. The van der Waals surface area contributed by atoms with Gasteiger partial charge in [0.25, 0.3) is 0 Å². The third-order valence-corrected chi connectivity index (χ3v) is 6.05. The zero-order chi connectivity index (χ0) is 25.3. The lowest BCUT2D eigenvalue weighted by molar-refractivity contribution is -0.129. The molecule has 2 atom stereocenters. The summed E-state index contributed by atoms with van der Waals surface area (Å²) in [5.74, 6) is 0.968. The van der Waals surface area contributed by atoms with Crippen LogP contribution in [0.15, 0.2) is 89.8 Å². The van der Waals surface area contributed by atoms with Gasteiger partial charge in [-0.3, -0.25) is 4.79 Å². The molecule has 35 heavy (non-hydrogen) atoms. The maximum absolute atomic E-state index is 11.9. The highest BCUT2D eigenvalue weighted by atomic mass is 32.2. The van der Waals surface area contributed by atoms with E-state index in [-0.39, 0.29) is 6.54 Å². The molecular formula is C28H36N2O4S. The van der Waals surface area contributed by atoms with E-state index in [1.54, 1.807) is 18.9 Å². The largest absolute Gasteiger partial charge is 0.497 e. The molecule has 0 fully saturated rings. The Labute approximate surface area is 212 Å². The highest BCUT2D eigenvalue weighted by Crippen LogP contribution is 2.18. The van der Waals surface area contributed by atoms with Crippen molar-refractivity contribution in [2.45, 2.75) is 37.0 Å². The Balaban J connectivity index is 0.000000527. The van der Waals surface area contributed by atoms with Crippen LogP contribution in [0.4, 0.5) is 0 Å². The lowest BCUT2D eigenvalue weighted by Crippen LogP contribution is -2.42. The molecular weight excluding hydrogens is 460 g/mol. The van der Waals surface area contributed by atoms with E-state index in [0.29, 0.717) is 25.3 Å². The monoisotopic (exact) mass is 496 g/mol. The number of carbonyl (C=O) groups is 1. The molecule has 3 rings (SSSR count). The summed E-state index contributed by atoms with van der Waals surface area (Å²) in [6, 6.07) is 27.8. The van der Waals surface area contributed by atoms with Gasteiger partial charge in [0, 0.05) is 30.3 Å². The summed E-state index contributed by atoms with van der Waals surface area (Å²) in [5.41, 5.74) is 2.37. The summed E-state index contributed by atoms with van der Waals surface area (Å²) in [6.07, 6.45) is -1.45. The lowest BCUT2D eigenvalue weighted by Gasteiger charge is -2.15. The van der Waals surface area contributed by atoms with Crippen molar-refractivity contribution >= 4 is 17.7 Å². The Morgan fingerprint density at radius 3 is 2.26 bits per heavy atom. The molecule has 4 N–H and O–H groups in total. The van der Waals surface area contributed by atoms with E-state index in [2.05, 4.69) is 29.7 Å². The van der Waals surface area contributed by atoms with Crippen molar-refractivity contribution in [1.29, 1.82) is 0 Å². The minimum atomic E-state index is -1.08. The molecule has 0 saturated heterocycles. The molecule has 0 aliphatic carbocycles. The van der Waals surface area contributed by atoms with Gasteiger partial charge >= 0.3 is 0 Å². The van der Waals surface area contributed by atoms with Gasteiger partial charge in [-0.25, -0.2) is 0 Å². The molecule has 0 heterocycles. The predicted molar refractivity (Wildman–Crippen MR) is 143 cm³/mol. The van der Waals surface area contributed by atoms with Crippen molar-refractivity contribution in [2.75, 3.05) is 26.0 Å². The molecule has 0 saturated carbocycles. The van der Waals surface area contributed by atoms with Crippen LogP contribution in [0.2, 0.25) is 0 Å². The summed E-state index contributed by atoms with van der Waals surface area (Å²) in [4.78, 5) is 13.0. The number of benzene rings is 3. The fourth-order valence-corrected chi connectivity index (χ4v) is 3.97. The van der Waals surface area contributed by atoms with E-state index in [1.807, 2.05) is 72.8 Å². The van der Waals surface area contributed by atoms with Crippen molar-refractivity contribution in [3.63, 3.8) is 0 Å². The first-order chi connectivity index (χ1) is 17.0. The SMILES string of the molecule is COc1cccc(CNCC(O)CNC(=O)C(O)CCSc2ccccc2)c1.Cc1ccccc1. The summed E-state index contributed by atoms with van der Waals surface area (Å²) >= 11 is 1.59. The second kappa shape index (κ2) is 16.7. The van der Waals surface area contributed by atoms with Crippen LogP contribution in [0.3, 0.4) is 0 Å². The number of aryl methyl sites for hydroxylation is 1. The molecule has 1 amide bonds. The molecule has 0 spiro atoms. The molecule has 7 heteroatoms. The van der Waals surface area contributed by atoms with Gasteiger partial charge in [0.2, 0.25) is 5.91 Å². The number of aliphatic hydroxyl groups excluding tert-OH is 2. The van der Waals surface area contributed by atoms with E-state index in [4.69, 9.17) is 4.74 Å². The number of nitrogens with one attached hydrogen (secondary N) is 2. The van der Waals surface area contributed by atoms with Crippen LogP contribution in [0.1, 0.15) is 17.5 Å². The Kier molecular flexibility index (Phi) is 13.6. The van der Waals surface area contributed by atoms with Gasteiger partial charge in [-0.15, -0.1) is 11.8 Å². The topological polar surface area (TPSA) is 90.8 Å². The standard InChI is InChI=1S/C21H28N2O4S.C7H8/c1-27-18-7-5-6-16(12-18)13-22-14-17(24)15-23-21(26)20(25)10-11-28-19-8-3-2-4-9-19;1-7-5-3-2-4-6-7/h2-9,12,17,20,22,24-25H,10-11,13-15H2,1H3,(H,23,26);2-6H,1H3. The molecule has 3 aromatic rings. The average Bonchev–Trinajstić information content (AvgIpc) is 2.89. The Bertz CT molecular complexity index is 973.